The van der Waals surface area contributed by atoms with Gasteiger partial charge in [0.1, 0.15) is 5.75 Å². The maximum atomic E-state index is 12.2. The molecule has 1 atom stereocenters. The Balaban J connectivity index is 2.08. The number of sulfone groups is 1. The average molecular weight is 297 g/mol. The van der Waals surface area contributed by atoms with Crippen molar-refractivity contribution in [2.75, 3.05) is 23.4 Å². The van der Waals surface area contributed by atoms with E-state index in [0.717, 1.165) is 0 Å². The van der Waals surface area contributed by atoms with E-state index in [9.17, 15) is 13.2 Å². The Morgan fingerprint density at radius 3 is 2.85 bits per heavy atom. The fraction of sp³-hybridized carbons (Fsp3) is 0.500. The number of rotatable bonds is 4. The van der Waals surface area contributed by atoms with Gasteiger partial charge in [-0.15, -0.1) is 0 Å². The van der Waals surface area contributed by atoms with Crippen LogP contribution in [0.3, 0.4) is 0 Å². The Kier molecular flexibility index (Phi) is 4.65. The van der Waals surface area contributed by atoms with Crippen molar-refractivity contribution in [2.24, 2.45) is 5.92 Å². The van der Waals surface area contributed by atoms with Gasteiger partial charge < -0.3 is 10.1 Å². The number of ether oxygens (including phenoxy) is 1. The second-order valence-corrected chi connectivity index (χ2v) is 7.10. The first-order valence-corrected chi connectivity index (χ1v) is 8.57. The number of para-hydroxylation sites is 2. The molecule has 1 unspecified atom stereocenters. The summed E-state index contributed by atoms with van der Waals surface area (Å²) in [5.41, 5.74) is 0.585. The van der Waals surface area contributed by atoms with Gasteiger partial charge in [-0.2, -0.15) is 0 Å². The summed E-state index contributed by atoms with van der Waals surface area (Å²) >= 11 is 0. The van der Waals surface area contributed by atoms with E-state index in [2.05, 4.69) is 5.32 Å². The van der Waals surface area contributed by atoms with E-state index >= 15 is 0 Å². The number of benzene rings is 1. The fourth-order valence-corrected chi connectivity index (χ4v) is 4.02. The first-order valence-electron chi connectivity index (χ1n) is 6.75. The van der Waals surface area contributed by atoms with E-state index in [0.29, 0.717) is 30.9 Å². The van der Waals surface area contributed by atoms with Gasteiger partial charge in [0, 0.05) is 0 Å². The molecule has 1 saturated heterocycles. The van der Waals surface area contributed by atoms with Gasteiger partial charge in [0.25, 0.3) is 0 Å². The SMILES string of the molecule is CCOc1ccccc1NC(=O)C1CCCS(=O)(=O)C1. The minimum absolute atomic E-state index is 0.0599. The first kappa shape index (κ1) is 14.8. The molecular weight excluding hydrogens is 278 g/mol. The molecule has 0 saturated carbocycles. The summed E-state index contributed by atoms with van der Waals surface area (Å²) < 4.78 is 28.6. The van der Waals surface area contributed by atoms with Gasteiger partial charge in [-0.1, -0.05) is 12.1 Å². The summed E-state index contributed by atoms with van der Waals surface area (Å²) in [6.07, 6.45) is 1.16. The molecule has 1 aromatic rings. The van der Waals surface area contributed by atoms with Crippen LogP contribution in [0.4, 0.5) is 5.69 Å². The number of hydrogen-bond acceptors (Lipinski definition) is 4. The van der Waals surface area contributed by atoms with E-state index in [-0.39, 0.29) is 17.4 Å². The summed E-state index contributed by atoms with van der Waals surface area (Å²) in [6, 6.07) is 7.15. The predicted octanol–water partition coefficient (Wildman–Crippen LogP) is 1.85. The van der Waals surface area contributed by atoms with E-state index in [1.165, 1.54) is 0 Å². The molecule has 5 nitrogen and oxygen atoms in total. The number of anilines is 1. The number of carbonyl (C=O) groups excluding carboxylic acids is 1. The monoisotopic (exact) mass is 297 g/mol. The Bertz CT molecular complexity index is 583. The molecule has 110 valence electrons. The minimum Gasteiger partial charge on any atom is -0.492 e. The van der Waals surface area contributed by atoms with Crippen LogP contribution in [0.15, 0.2) is 24.3 Å². The molecule has 2 rings (SSSR count). The Morgan fingerprint density at radius 2 is 2.15 bits per heavy atom. The van der Waals surface area contributed by atoms with Crippen molar-refractivity contribution in [1.29, 1.82) is 0 Å². The zero-order chi connectivity index (χ0) is 14.6. The van der Waals surface area contributed by atoms with Gasteiger partial charge >= 0.3 is 0 Å². The molecule has 0 aromatic heterocycles. The summed E-state index contributed by atoms with van der Waals surface area (Å²) in [5, 5.41) is 2.77. The molecule has 0 spiro atoms. The highest BCUT2D eigenvalue weighted by Gasteiger charge is 2.30. The largest absolute Gasteiger partial charge is 0.492 e. The summed E-state index contributed by atoms with van der Waals surface area (Å²) in [4.78, 5) is 12.2. The van der Waals surface area contributed by atoms with Crippen molar-refractivity contribution < 1.29 is 17.9 Å². The Morgan fingerprint density at radius 1 is 1.40 bits per heavy atom. The van der Waals surface area contributed by atoms with Crippen molar-refractivity contribution in [3.05, 3.63) is 24.3 Å². The molecule has 1 aromatic carbocycles. The number of hydrogen-bond donors (Lipinski definition) is 1. The number of nitrogens with one attached hydrogen (secondary N) is 1. The van der Waals surface area contributed by atoms with Crippen LogP contribution < -0.4 is 10.1 Å². The molecule has 1 aliphatic heterocycles. The van der Waals surface area contributed by atoms with Gasteiger partial charge in [-0.25, -0.2) is 8.42 Å². The summed E-state index contributed by atoms with van der Waals surface area (Å²) in [5.74, 6) is 0.00737. The summed E-state index contributed by atoms with van der Waals surface area (Å²) in [6.45, 7) is 2.37. The second kappa shape index (κ2) is 6.26. The first-order chi connectivity index (χ1) is 9.52. The van der Waals surface area contributed by atoms with Crippen molar-refractivity contribution in [3.63, 3.8) is 0 Å². The third-order valence-corrected chi connectivity index (χ3v) is 5.10. The van der Waals surface area contributed by atoms with Crippen LogP contribution in [0, 0.1) is 5.92 Å². The number of amides is 1. The Labute approximate surface area is 119 Å². The zero-order valence-electron chi connectivity index (χ0n) is 11.5. The van der Waals surface area contributed by atoms with Crippen LogP contribution in [0.25, 0.3) is 0 Å². The molecule has 1 fully saturated rings. The quantitative estimate of drug-likeness (QED) is 0.920. The van der Waals surface area contributed by atoms with Crippen LogP contribution in [0.1, 0.15) is 19.8 Å². The van der Waals surface area contributed by atoms with Crippen LogP contribution in [-0.2, 0) is 14.6 Å². The highest BCUT2D eigenvalue weighted by Crippen LogP contribution is 2.26. The van der Waals surface area contributed by atoms with Crippen molar-refractivity contribution >= 4 is 21.4 Å². The predicted molar refractivity (Wildman–Crippen MR) is 77.6 cm³/mol. The highest BCUT2D eigenvalue weighted by atomic mass is 32.2. The van der Waals surface area contributed by atoms with Gasteiger partial charge in [0.15, 0.2) is 9.84 Å². The maximum Gasteiger partial charge on any atom is 0.228 e. The Hall–Kier alpha value is -1.56. The topological polar surface area (TPSA) is 72.5 Å². The van der Waals surface area contributed by atoms with E-state index in [1.54, 1.807) is 18.2 Å². The highest BCUT2D eigenvalue weighted by molar-refractivity contribution is 7.91. The van der Waals surface area contributed by atoms with Gasteiger partial charge in [0.2, 0.25) is 5.91 Å². The third-order valence-electron chi connectivity index (χ3n) is 3.28. The lowest BCUT2D eigenvalue weighted by Crippen LogP contribution is -2.34. The van der Waals surface area contributed by atoms with Crippen LogP contribution in [0.5, 0.6) is 5.75 Å². The maximum absolute atomic E-state index is 12.2. The summed E-state index contributed by atoms with van der Waals surface area (Å²) in [7, 11) is -3.08. The molecule has 1 N–H and O–H groups in total. The van der Waals surface area contributed by atoms with E-state index < -0.39 is 15.8 Å². The van der Waals surface area contributed by atoms with Crippen molar-refractivity contribution in [2.45, 2.75) is 19.8 Å². The van der Waals surface area contributed by atoms with Crippen LogP contribution in [0.2, 0.25) is 0 Å². The molecule has 20 heavy (non-hydrogen) atoms. The lowest BCUT2D eigenvalue weighted by molar-refractivity contribution is -0.119. The molecule has 1 aliphatic rings. The molecule has 1 amide bonds. The smallest absolute Gasteiger partial charge is 0.228 e. The normalized spacial score (nSPS) is 21.1. The zero-order valence-corrected chi connectivity index (χ0v) is 12.3. The van der Waals surface area contributed by atoms with E-state index in [1.807, 2.05) is 13.0 Å². The van der Waals surface area contributed by atoms with Crippen molar-refractivity contribution in [1.82, 2.24) is 0 Å². The standard InChI is InChI=1S/C14H19NO4S/c1-2-19-13-8-4-3-7-12(13)15-14(16)11-6-5-9-20(17,18)10-11/h3-4,7-8,11H,2,5-6,9-10H2,1H3,(H,15,16). The van der Waals surface area contributed by atoms with Gasteiger partial charge in [-0.05, 0) is 31.9 Å². The molecule has 0 aliphatic carbocycles. The van der Waals surface area contributed by atoms with Gasteiger partial charge in [-0.3, -0.25) is 4.79 Å². The van der Waals surface area contributed by atoms with Crippen LogP contribution >= 0.6 is 0 Å². The molecule has 6 heteroatoms. The molecular formula is C14H19NO4S. The average Bonchev–Trinajstić information content (AvgIpc) is 2.40. The minimum atomic E-state index is -3.08. The molecule has 0 radical (unpaired) electrons. The van der Waals surface area contributed by atoms with Crippen LogP contribution in [-0.4, -0.2) is 32.4 Å². The van der Waals surface area contributed by atoms with E-state index in [4.69, 9.17) is 4.74 Å². The molecule has 1 heterocycles. The van der Waals surface area contributed by atoms with Gasteiger partial charge in [0.05, 0.1) is 29.7 Å². The fourth-order valence-electron chi connectivity index (χ4n) is 2.32. The molecule has 0 bridgehead atoms. The second-order valence-electron chi connectivity index (χ2n) is 4.87. The third kappa shape index (κ3) is 3.72. The van der Waals surface area contributed by atoms with Crippen molar-refractivity contribution in [3.8, 4) is 5.75 Å². The lowest BCUT2D eigenvalue weighted by atomic mass is 10.0. The number of carbonyl (C=O) groups is 1. The lowest BCUT2D eigenvalue weighted by Gasteiger charge is -2.21.